The Kier molecular flexibility index (Phi) is 4.73. The molecule has 0 aliphatic heterocycles. The molecule has 1 amide bonds. The van der Waals surface area contributed by atoms with Gasteiger partial charge in [0.15, 0.2) is 4.67 Å². The molecule has 0 atom stereocenters. The van der Waals surface area contributed by atoms with Crippen LogP contribution in [0.15, 0.2) is 21.4 Å². The molecule has 1 aromatic heterocycles. The van der Waals surface area contributed by atoms with Crippen LogP contribution in [0.2, 0.25) is 0 Å². The molecule has 100 valence electrons. The molecule has 18 heavy (non-hydrogen) atoms. The van der Waals surface area contributed by atoms with E-state index >= 15 is 0 Å². The molecule has 0 radical (unpaired) electrons. The third kappa shape index (κ3) is 3.09. The van der Waals surface area contributed by atoms with Crippen LogP contribution >= 0.6 is 27.5 Å². The van der Waals surface area contributed by atoms with Crippen LogP contribution in [0.4, 0.5) is 0 Å². The first-order chi connectivity index (χ1) is 8.67. The summed E-state index contributed by atoms with van der Waals surface area (Å²) in [4.78, 5) is 12.0. The van der Waals surface area contributed by atoms with Crippen molar-refractivity contribution in [1.82, 2.24) is 5.32 Å². The van der Waals surface area contributed by atoms with Gasteiger partial charge in [0, 0.05) is 17.8 Å². The van der Waals surface area contributed by atoms with E-state index in [1.165, 1.54) is 25.5 Å². The lowest BCUT2D eigenvalue weighted by Gasteiger charge is -2.35. The SMILES string of the molecule is O=C(NCC1(CCl)CCCCC1)c1ccoc1Br. The number of rotatable bonds is 4. The molecule has 1 fully saturated rings. The topological polar surface area (TPSA) is 42.2 Å². The highest BCUT2D eigenvalue weighted by molar-refractivity contribution is 9.10. The predicted octanol–water partition coefficient (Wildman–Crippen LogP) is 3.96. The molecule has 2 rings (SSSR count). The highest BCUT2D eigenvalue weighted by atomic mass is 79.9. The summed E-state index contributed by atoms with van der Waals surface area (Å²) >= 11 is 9.31. The van der Waals surface area contributed by atoms with Crippen molar-refractivity contribution < 1.29 is 9.21 Å². The average Bonchev–Trinajstić information content (AvgIpc) is 2.83. The van der Waals surface area contributed by atoms with E-state index in [4.69, 9.17) is 16.0 Å². The first kappa shape index (κ1) is 13.9. The summed E-state index contributed by atoms with van der Waals surface area (Å²) in [7, 11) is 0. The van der Waals surface area contributed by atoms with Crippen LogP contribution in [-0.4, -0.2) is 18.3 Å². The van der Waals surface area contributed by atoms with E-state index in [1.54, 1.807) is 6.07 Å². The van der Waals surface area contributed by atoms with Crippen LogP contribution in [0, 0.1) is 5.41 Å². The second-order valence-electron chi connectivity index (χ2n) is 4.98. The normalized spacial score (nSPS) is 18.6. The number of furan rings is 1. The van der Waals surface area contributed by atoms with Gasteiger partial charge in [-0.3, -0.25) is 4.79 Å². The minimum Gasteiger partial charge on any atom is -0.457 e. The quantitative estimate of drug-likeness (QED) is 0.847. The van der Waals surface area contributed by atoms with Gasteiger partial charge in [-0.25, -0.2) is 0 Å². The molecule has 3 nitrogen and oxygen atoms in total. The zero-order chi connectivity index (χ0) is 13.0. The van der Waals surface area contributed by atoms with Gasteiger partial charge in [-0.2, -0.15) is 0 Å². The van der Waals surface area contributed by atoms with Gasteiger partial charge in [0.1, 0.15) is 0 Å². The molecule has 1 heterocycles. The second kappa shape index (κ2) is 6.11. The lowest BCUT2D eigenvalue weighted by molar-refractivity contribution is 0.0919. The Balaban J connectivity index is 1.94. The van der Waals surface area contributed by atoms with E-state index in [1.807, 2.05) is 0 Å². The van der Waals surface area contributed by atoms with E-state index in [0.29, 0.717) is 22.7 Å². The molecule has 0 spiro atoms. The van der Waals surface area contributed by atoms with Crippen molar-refractivity contribution in [3.8, 4) is 0 Å². The van der Waals surface area contributed by atoms with Crippen molar-refractivity contribution in [1.29, 1.82) is 0 Å². The first-order valence-electron chi connectivity index (χ1n) is 6.24. The van der Waals surface area contributed by atoms with E-state index in [2.05, 4.69) is 21.2 Å². The molecule has 1 aliphatic carbocycles. The predicted molar refractivity (Wildman–Crippen MR) is 75.0 cm³/mol. The average molecular weight is 335 g/mol. The Morgan fingerprint density at radius 1 is 1.44 bits per heavy atom. The number of halogens is 2. The van der Waals surface area contributed by atoms with Gasteiger partial charge in [-0.05, 0) is 34.8 Å². The Morgan fingerprint density at radius 3 is 2.72 bits per heavy atom. The number of carbonyl (C=O) groups excluding carboxylic acids is 1. The van der Waals surface area contributed by atoms with Gasteiger partial charge in [-0.15, -0.1) is 11.6 Å². The molecule has 0 bridgehead atoms. The summed E-state index contributed by atoms with van der Waals surface area (Å²) in [6.07, 6.45) is 7.39. The number of nitrogens with one attached hydrogen (secondary N) is 1. The molecular weight excluding hydrogens is 318 g/mol. The van der Waals surface area contributed by atoms with Gasteiger partial charge < -0.3 is 9.73 Å². The van der Waals surface area contributed by atoms with Crippen molar-refractivity contribution in [2.45, 2.75) is 32.1 Å². The monoisotopic (exact) mass is 333 g/mol. The summed E-state index contributed by atoms with van der Waals surface area (Å²) in [5, 5.41) is 2.97. The number of hydrogen-bond donors (Lipinski definition) is 1. The second-order valence-corrected chi connectivity index (χ2v) is 5.97. The van der Waals surface area contributed by atoms with Gasteiger partial charge >= 0.3 is 0 Å². The van der Waals surface area contributed by atoms with Crippen molar-refractivity contribution in [3.63, 3.8) is 0 Å². The molecule has 0 unspecified atom stereocenters. The van der Waals surface area contributed by atoms with Gasteiger partial charge in [0.25, 0.3) is 5.91 Å². The highest BCUT2D eigenvalue weighted by Crippen LogP contribution is 2.36. The molecule has 0 saturated heterocycles. The standard InChI is InChI=1S/C13H17BrClNO2/c14-11-10(4-7-18-11)12(17)16-9-13(8-15)5-2-1-3-6-13/h4,7H,1-3,5-6,8-9H2,(H,16,17). The summed E-state index contributed by atoms with van der Waals surface area (Å²) in [6.45, 7) is 0.646. The van der Waals surface area contributed by atoms with Crippen molar-refractivity contribution in [2.75, 3.05) is 12.4 Å². The first-order valence-corrected chi connectivity index (χ1v) is 7.57. The van der Waals surface area contributed by atoms with Crippen LogP contribution < -0.4 is 5.32 Å². The van der Waals surface area contributed by atoms with E-state index in [0.717, 1.165) is 12.8 Å². The molecule has 0 aromatic carbocycles. The number of hydrogen-bond acceptors (Lipinski definition) is 2. The Hall–Kier alpha value is -0.480. The molecular formula is C13H17BrClNO2. The lowest BCUT2D eigenvalue weighted by Crippen LogP contribution is -2.40. The van der Waals surface area contributed by atoms with E-state index in [-0.39, 0.29) is 11.3 Å². The maximum absolute atomic E-state index is 12.0. The van der Waals surface area contributed by atoms with E-state index in [9.17, 15) is 4.79 Å². The minimum atomic E-state index is -0.106. The number of amides is 1. The molecule has 1 aromatic rings. The molecule has 1 aliphatic rings. The zero-order valence-corrected chi connectivity index (χ0v) is 12.5. The summed E-state index contributed by atoms with van der Waals surface area (Å²) < 4.78 is 5.53. The fraction of sp³-hybridized carbons (Fsp3) is 0.615. The fourth-order valence-electron chi connectivity index (χ4n) is 2.48. The van der Waals surface area contributed by atoms with E-state index < -0.39 is 0 Å². The Labute approximate surface area is 120 Å². The lowest BCUT2D eigenvalue weighted by atomic mass is 9.75. The smallest absolute Gasteiger partial charge is 0.255 e. The molecule has 1 N–H and O–H groups in total. The van der Waals surface area contributed by atoms with Gasteiger partial charge in [0.05, 0.1) is 11.8 Å². The summed E-state index contributed by atoms with van der Waals surface area (Å²) in [5.74, 6) is 0.505. The van der Waals surface area contributed by atoms with Gasteiger partial charge in [-0.1, -0.05) is 19.3 Å². The zero-order valence-electron chi connectivity index (χ0n) is 10.2. The molecule has 1 saturated carbocycles. The van der Waals surface area contributed by atoms with Crippen LogP contribution in [0.1, 0.15) is 42.5 Å². The Morgan fingerprint density at radius 2 is 2.17 bits per heavy atom. The largest absolute Gasteiger partial charge is 0.457 e. The Bertz CT molecular complexity index is 413. The van der Waals surface area contributed by atoms with Crippen molar-refractivity contribution in [2.24, 2.45) is 5.41 Å². The third-order valence-electron chi connectivity index (χ3n) is 3.68. The maximum atomic E-state index is 12.0. The highest BCUT2D eigenvalue weighted by Gasteiger charge is 2.31. The third-order valence-corrected chi connectivity index (χ3v) is 4.87. The number of carbonyl (C=O) groups is 1. The van der Waals surface area contributed by atoms with Crippen LogP contribution in [-0.2, 0) is 0 Å². The summed E-state index contributed by atoms with van der Waals surface area (Å²) in [5.41, 5.74) is 0.613. The van der Waals surface area contributed by atoms with Gasteiger partial charge in [0.2, 0.25) is 0 Å². The van der Waals surface area contributed by atoms with Crippen LogP contribution in [0.3, 0.4) is 0 Å². The van der Waals surface area contributed by atoms with Crippen molar-refractivity contribution >= 4 is 33.4 Å². The number of alkyl halides is 1. The van der Waals surface area contributed by atoms with Crippen LogP contribution in [0.25, 0.3) is 0 Å². The maximum Gasteiger partial charge on any atom is 0.255 e. The summed E-state index contributed by atoms with van der Waals surface area (Å²) in [6, 6.07) is 1.66. The van der Waals surface area contributed by atoms with Crippen LogP contribution in [0.5, 0.6) is 0 Å². The fourth-order valence-corrected chi connectivity index (χ4v) is 3.26. The molecule has 5 heteroatoms. The van der Waals surface area contributed by atoms with Crippen molar-refractivity contribution in [3.05, 3.63) is 22.6 Å². The minimum absolute atomic E-state index is 0.0751.